The van der Waals surface area contributed by atoms with Gasteiger partial charge in [0.25, 0.3) is 0 Å². The molecule has 0 unspecified atom stereocenters. The standard InChI is InChI=1S/C15H30O5/c1-4-5-6-7-8-9-11(16)13(17)14(18)12-10-19-15(2,3)20-12/h11-14,16-18H,4-10H2,1-3H3/t11-,12-,13-,14-/m1/s1. The van der Waals surface area contributed by atoms with Crippen LogP contribution < -0.4 is 0 Å². The Bertz CT molecular complexity index is 269. The minimum absolute atomic E-state index is 0.231. The minimum Gasteiger partial charge on any atom is -0.390 e. The van der Waals surface area contributed by atoms with Crippen molar-refractivity contribution in [3.8, 4) is 0 Å². The zero-order valence-electron chi connectivity index (χ0n) is 12.9. The Morgan fingerprint density at radius 1 is 1.10 bits per heavy atom. The molecule has 1 heterocycles. The lowest BCUT2D eigenvalue weighted by molar-refractivity contribution is -0.168. The number of hydrogen-bond donors (Lipinski definition) is 3. The zero-order chi connectivity index (χ0) is 15.2. The Labute approximate surface area is 121 Å². The fourth-order valence-electron chi connectivity index (χ4n) is 2.46. The SMILES string of the molecule is CCCCCCC[C@@H](O)[C@@H](O)[C@H](O)[C@H]1COC(C)(C)O1. The first kappa shape index (κ1) is 17.9. The summed E-state index contributed by atoms with van der Waals surface area (Å²) >= 11 is 0. The maximum Gasteiger partial charge on any atom is 0.163 e. The number of unbranched alkanes of at least 4 members (excludes halogenated alkanes) is 4. The van der Waals surface area contributed by atoms with Crippen LogP contribution in [0.1, 0.15) is 59.3 Å². The van der Waals surface area contributed by atoms with Crippen molar-refractivity contribution in [1.29, 1.82) is 0 Å². The molecule has 0 bridgehead atoms. The summed E-state index contributed by atoms with van der Waals surface area (Å²) in [6.45, 7) is 5.90. The molecule has 1 rings (SSSR count). The first-order chi connectivity index (χ1) is 9.37. The maximum atomic E-state index is 10.0. The number of aliphatic hydroxyl groups excluding tert-OH is 3. The van der Waals surface area contributed by atoms with Crippen LogP contribution in [0.25, 0.3) is 0 Å². The average Bonchev–Trinajstić information content (AvgIpc) is 2.77. The second-order valence-electron chi connectivity index (χ2n) is 6.12. The van der Waals surface area contributed by atoms with Crippen molar-refractivity contribution in [2.75, 3.05) is 6.61 Å². The summed E-state index contributed by atoms with van der Waals surface area (Å²) in [5.41, 5.74) is 0. The predicted octanol–water partition coefficient (Wildman–Crippen LogP) is 1.58. The summed E-state index contributed by atoms with van der Waals surface area (Å²) in [4.78, 5) is 0. The normalized spacial score (nSPS) is 26.4. The largest absolute Gasteiger partial charge is 0.390 e. The molecule has 5 heteroatoms. The number of hydrogen-bond acceptors (Lipinski definition) is 5. The van der Waals surface area contributed by atoms with Gasteiger partial charge >= 0.3 is 0 Å². The fraction of sp³-hybridized carbons (Fsp3) is 1.00. The van der Waals surface area contributed by atoms with Crippen LogP contribution in [0.4, 0.5) is 0 Å². The monoisotopic (exact) mass is 290 g/mol. The molecule has 0 radical (unpaired) electrons. The summed E-state index contributed by atoms with van der Waals surface area (Å²) in [5, 5.41) is 30.0. The average molecular weight is 290 g/mol. The van der Waals surface area contributed by atoms with Crippen molar-refractivity contribution in [2.24, 2.45) is 0 Å². The lowest BCUT2D eigenvalue weighted by Crippen LogP contribution is -2.45. The molecule has 1 saturated heterocycles. The Kier molecular flexibility index (Phi) is 7.40. The summed E-state index contributed by atoms with van der Waals surface area (Å²) < 4.78 is 10.9. The Morgan fingerprint density at radius 2 is 1.75 bits per heavy atom. The maximum absolute atomic E-state index is 10.0. The van der Waals surface area contributed by atoms with Crippen LogP contribution >= 0.6 is 0 Å². The van der Waals surface area contributed by atoms with Gasteiger partial charge in [0.05, 0.1) is 12.7 Å². The minimum atomic E-state index is -1.19. The van der Waals surface area contributed by atoms with Crippen molar-refractivity contribution in [2.45, 2.75) is 89.5 Å². The van der Waals surface area contributed by atoms with Gasteiger partial charge in [-0.15, -0.1) is 0 Å². The molecule has 3 N–H and O–H groups in total. The molecule has 20 heavy (non-hydrogen) atoms. The van der Waals surface area contributed by atoms with E-state index in [2.05, 4.69) is 6.92 Å². The van der Waals surface area contributed by atoms with Gasteiger partial charge in [0.1, 0.15) is 18.3 Å². The van der Waals surface area contributed by atoms with Crippen LogP contribution in [0, 0.1) is 0 Å². The molecule has 0 saturated carbocycles. The van der Waals surface area contributed by atoms with Crippen molar-refractivity contribution in [1.82, 2.24) is 0 Å². The number of rotatable bonds is 9. The van der Waals surface area contributed by atoms with E-state index >= 15 is 0 Å². The Balaban J connectivity index is 2.27. The zero-order valence-corrected chi connectivity index (χ0v) is 12.9. The second kappa shape index (κ2) is 8.29. The number of aliphatic hydroxyl groups is 3. The summed E-state index contributed by atoms with van der Waals surface area (Å²) in [5.74, 6) is -0.740. The van der Waals surface area contributed by atoms with E-state index < -0.39 is 30.2 Å². The van der Waals surface area contributed by atoms with Gasteiger partial charge in [-0.3, -0.25) is 0 Å². The van der Waals surface area contributed by atoms with E-state index in [4.69, 9.17) is 9.47 Å². The van der Waals surface area contributed by atoms with Crippen LogP contribution in [-0.2, 0) is 9.47 Å². The van der Waals surface area contributed by atoms with E-state index in [9.17, 15) is 15.3 Å². The van der Waals surface area contributed by atoms with Crippen molar-refractivity contribution in [3.05, 3.63) is 0 Å². The predicted molar refractivity (Wildman–Crippen MR) is 76.3 cm³/mol. The van der Waals surface area contributed by atoms with Gasteiger partial charge < -0.3 is 24.8 Å². The topological polar surface area (TPSA) is 79.2 Å². The van der Waals surface area contributed by atoms with Crippen LogP contribution in [0.3, 0.4) is 0 Å². The van der Waals surface area contributed by atoms with Crippen molar-refractivity contribution < 1.29 is 24.8 Å². The smallest absolute Gasteiger partial charge is 0.163 e. The highest BCUT2D eigenvalue weighted by Crippen LogP contribution is 2.26. The van der Waals surface area contributed by atoms with Gasteiger partial charge in [0, 0.05) is 0 Å². The highest BCUT2D eigenvalue weighted by molar-refractivity contribution is 4.85. The van der Waals surface area contributed by atoms with E-state index in [1.54, 1.807) is 13.8 Å². The van der Waals surface area contributed by atoms with Crippen LogP contribution in [-0.4, -0.2) is 52.1 Å². The molecule has 1 aliphatic rings. The summed E-state index contributed by atoms with van der Waals surface area (Å²) in [6, 6.07) is 0. The van der Waals surface area contributed by atoms with Gasteiger partial charge in [-0.25, -0.2) is 0 Å². The van der Waals surface area contributed by atoms with Gasteiger partial charge in [0.15, 0.2) is 5.79 Å². The summed E-state index contributed by atoms with van der Waals surface area (Å²) in [7, 11) is 0. The summed E-state index contributed by atoms with van der Waals surface area (Å²) in [6.07, 6.45) is 2.11. The molecule has 0 aromatic heterocycles. The number of ether oxygens (including phenoxy) is 2. The van der Waals surface area contributed by atoms with E-state index in [1.165, 1.54) is 12.8 Å². The van der Waals surface area contributed by atoms with E-state index in [0.29, 0.717) is 6.42 Å². The fourth-order valence-corrected chi connectivity index (χ4v) is 2.46. The molecule has 0 aromatic rings. The molecule has 4 atom stereocenters. The Hall–Kier alpha value is -0.200. The van der Waals surface area contributed by atoms with Gasteiger partial charge in [-0.05, 0) is 20.3 Å². The van der Waals surface area contributed by atoms with Crippen LogP contribution in [0.5, 0.6) is 0 Å². The van der Waals surface area contributed by atoms with E-state index in [0.717, 1.165) is 19.3 Å². The molecule has 5 nitrogen and oxygen atoms in total. The lowest BCUT2D eigenvalue weighted by atomic mass is 9.98. The van der Waals surface area contributed by atoms with Gasteiger partial charge in [-0.2, -0.15) is 0 Å². The molecular formula is C15H30O5. The molecule has 1 aliphatic heterocycles. The Morgan fingerprint density at radius 3 is 2.30 bits per heavy atom. The quantitative estimate of drug-likeness (QED) is 0.562. The molecule has 120 valence electrons. The molecule has 0 amide bonds. The van der Waals surface area contributed by atoms with E-state index in [-0.39, 0.29) is 6.61 Å². The highest BCUT2D eigenvalue weighted by Gasteiger charge is 2.40. The highest BCUT2D eigenvalue weighted by atomic mass is 16.7. The second-order valence-corrected chi connectivity index (χ2v) is 6.12. The molecule has 1 fully saturated rings. The van der Waals surface area contributed by atoms with Crippen molar-refractivity contribution in [3.63, 3.8) is 0 Å². The van der Waals surface area contributed by atoms with Crippen molar-refractivity contribution >= 4 is 0 Å². The van der Waals surface area contributed by atoms with Crippen LogP contribution in [0.2, 0.25) is 0 Å². The molecule has 0 aromatic carbocycles. The molecule has 0 aliphatic carbocycles. The lowest BCUT2D eigenvalue weighted by Gasteiger charge is -2.27. The third-order valence-electron chi connectivity index (χ3n) is 3.76. The molecule has 0 spiro atoms. The third kappa shape index (κ3) is 5.66. The molecular weight excluding hydrogens is 260 g/mol. The first-order valence-corrected chi connectivity index (χ1v) is 7.73. The van der Waals surface area contributed by atoms with Crippen LogP contribution in [0.15, 0.2) is 0 Å². The van der Waals surface area contributed by atoms with Gasteiger partial charge in [-0.1, -0.05) is 39.0 Å². The first-order valence-electron chi connectivity index (χ1n) is 7.73. The van der Waals surface area contributed by atoms with E-state index in [1.807, 2.05) is 0 Å². The third-order valence-corrected chi connectivity index (χ3v) is 3.76. The van der Waals surface area contributed by atoms with Gasteiger partial charge in [0.2, 0.25) is 0 Å².